The fraction of sp³-hybridized carbons (Fsp3) is 0.231. The van der Waals surface area contributed by atoms with Crippen molar-refractivity contribution < 1.29 is 9.47 Å². The van der Waals surface area contributed by atoms with E-state index in [1.165, 1.54) is 0 Å². The molecule has 100 valence electrons. The van der Waals surface area contributed by atoms with Gasteiger partial charge in [0.1, 0.15) is 0 Å². The van der Waals surface area contributed by atoms with Crippen LogP contribution >= 0.6 is 24.4 Å². The maximum absolute atomic E-state index is 5.16. The van der Waals surface area contributed by atoms with Crippen LogP contribution in [0, 0.1) is 0 Å². The molecule has 19 heavy (non-hydrogen) atoms. The van der Waals surface area contributed by atoms with Gasteiger partial charge in [-0.3, -0.25) is 0 Å². The van der Waals surface area contributed by atoms with E-state index in [1.807, 2.05) is 45.8 Å². The summed E-state index contributed by atoms with van der Waals surface area (Å²) >= 11 is 10.3. The smallest absolute Gasteiger partial charge is 0.207 e. The van der Waals surface area contributed by atoms with E-state index in [0.717, 1.165) is 11.4 Å². The summed E-state index contributed by atoms with van der Waals surface area (Å²) in [5.41, 5.74) is 1.72. The largest absolute Gasteiger partial charge is 0.485 e. The highest BCUT2D eigenvalue weighted by Gasteiger charge is 2.10. The molecule has 2 aromatic rings. The molecule has 0 saturated carbocycles. The van der Waals surface area contributed by atoms with Crippen LogP contribution in [0.1, 0.15) is 11.4 Å². The molecule has 0 aliphatic rings. The van der Waals surface area contributed by atoms with E-state index >= 15 is 0 Å². The molecule has 6 heteroatoms. The Morgan fingerprint density at radius 2 is 1.37 bits per heavy atom. The van der Waals surface area contributed by atoms with Crippen LogP contribution in [-0.2, 0) is 16.1 Å². The Morgan fingerprint density at radius 1 is 0.947 bits per heavy atom. The Balaban J connectivity index is 2.27. The summed E-state index contributed by atoms with van der Waals surface area (Å²) in [6, 6.07) is 7.70. The van der Waals surface area contributed by atoms with Gasteiger partial charge in [-0.15, -0.1) is 0 Å². The highest BCUT2D eigenvalue weighted by atomic mass is 32.1. The summed E-state index contributed by atoms with van der Waals surface area (Å²) in [6.07, 6.45) is 3.89. The number of nitrogens with zero attached hydrogens (tertiary/aromatic N) is 2. The van der Waals surface area contributed by atoms with Gasteiger partial charge in [-0.05, 0) is 48.7 Å². The molecule has 0 fully saturated rings. The molecular formula is C13H14N2O2S2. The molecule has 0 amide bonds. The van der Waals surface area contributed by atoms with Gasteiger partial charge in [0.2, 0.25) is 10.1 Å². The first kappa shape index (κ1) is 13.8. The number of aromatic nitrogens is 2. The van der Waals surface area contributed by atoms with Crippen molar-refractivity contribution in [3.63, 3.8) is 0 Å². The van der Waals surface area contributed by atoms with Crippen LogP contribution < -0.4 is 0 Å². The quantitative estimate of drug-likeness (QED) is 0.810. The van der Waals surface area contributed by atoms with E-state index in [0.29, 0.717) is 16.8 Å². The van der Waals surface area contributed by atoms with Gasteiger partial charge >= 0.3 is 0 Å². The standard InChI is InChI=1S/C13H14N2O2S2/c1-16-12(18)10-5-3-7-14(10)9-15-8-4-6-11(15)13(19)17-2/h3-8H,9H2,1-2H3. The Labute approximate surface area is 122 Å². The van der Waals surface area contributed by atoms with E-state index in [2.05, 4.69) is 0 Å². The van der Waals surface area contributed by atoms with Crippen molar-refractivity contribution in [3.05, 3.63) is 48.0 Å². The number of hydrogen-bond acceptors (Lipinski definition) is 4. The van der Waals surface area contributed by atoms with Crippen LogP contribution in [0.5, 0.6) is 0 Å². The Kier molecular flexibility index (Phi) is 4.34. The second-order valence-corrected chi connectivity index (χ2v) is 4.59. The normalized spacial score (nSPS) is 10.2. The van der Waals surface area contributed by atoms with Crippen molar-refractivity contribution in [2.24, 2.45) is 0 Å². The summed E-state index contributed by atoms with van der Waals surface area (Å²) < 4.78 is 14.2. The van der Waals surface area contributed by atoms with Gasteiger partial charge in [0.25, 0.3) is 0 Å². The number of hydrogen-bond donors (Lipinski definition) is 0. The van der Waals surface area contributed by atoms with Gasteiger partial charge in [-0.2, -0.15) is 0 Å². The van der Waals surface area contributed by atoms with Crippen molar-refractivity contribution >= 4 is 34.5 Å². The summed E-state index contributed by atoms with van der Waals surface area (Å²) in [4.78, 5) is 0. The van der Waals surface area contributed by atoms with E-state index in [-0.39, 0.29) is 0 Å². The second kappa shape index (κ2) is 5.99. The van der Waals surface area contributed by atoms with Crippen LogP contribution in [0.15, 0.2) is 36.7 Å². The van der Waals surface area contributed by atoms with Crippen molar-refractivity contribution in [3.8, 4) is 0 Å². The lowest BCUT2D eigenvalue weighted by molar-refractivity contribution is 0.407. The molecule has 0 aromatic carbocycles. The topological polar surface area (TPSA) is 28.3 Å². The van der Waals surface area contributed by atoms with E-state index in [4.69, 9.17) is 33.9 Å². The predicted molar refractivity (Wildman–Crippen MR) is 81.7 cm³/mol. The SMILES string of the molecule is COC(=S)c1cccn1Cn1cccc1C(=S)OC. The van der Waals surface area contributed by atoms with Crippen molar-refractivity contribution in [1.29, 1.82) is 0 Å². The minimum absolute atomic E-state index is 0.466. The fourth-order valence-electron chi connectivity index (χ4n) is 1.82. The molecule has 2 aromatic heterocycles. The molecule has 0 unspecified atom stereocenters. The van der Waals surface area contributed by atoms with Gasteiger partial charge in [0.05, 0.1) is 32.3 Å². The molecule has 2 rings (SSSR count). The number of methoxy groups -OCH3 is 2. The van der Waals surface area contributed by atoms with E-state index in [1.54, 1.807) is 14.2 Å². The zero-order chi connectivity index (χ0) is 13.8. The number of thiocarbonyl (C=S) groups is 2. The minimum atomic E-state index is 0.466. The third-order valence-corrected chi connectivity index (χ3v) is 3.50. The maximum atomic E-state index is 5.16. The fourth-order valence-corrected chi connectivity index (χ4v) is 2.19. The molecule has 0 radical (unpaired) electrons. The molecule has 0 bridgehead atoms. The van der Waals surface area contributed by atoms with Crippen LogP contribution in [-0.4, -0.2) is 33.5 Å². The maximum Gasteiger partial charge on any atom is 0.207 e. The average Bonchev–Trinajstić information content (AvgIpc) is 3.06. The molecule has 0 spiro atoms. The highest BCUT2D eigenvalue weighted by molar-refractivity contribution is 7.80. The second-order valence-electron chi connectivity index (χ2n) is 3.85. The molecular weight excluding hydrogens is 280 g/mol. The van der Waals surface area contributed by atoms with Gasteiger partial charge in [-0.1, -0.05) is 0 Å². The third-order valence-electron chi connectivity index (χ3n) is 2.75. The first-order valence-corrected chi connectivity index (χ1v) is 6.46. The number of rotatable bonds is 4. The summed E-state index contributed by atoms with van der Waals surface area (Å²) in [5.74, 6) is 0. The van der Waals surface area contributed by atoms with Crippen LogP contribution in [0.25, 0.3) is 0 Å². The zero-order valence-electron chi connectivity index (χ0n) is 10.7. The molecule has 2 heterocycles. The molecule has 0 atom stereocenters. The molecule has 0 saturated heterocycles. The van der Waals surface area contributed by atoms with Gasteiger partial charge in [0, 0.05) is 12.4 Å². The Morgan fingerprint density at radius 3 is 1.74 bits per heavy atom. The van der Waals surface area contributed by atoms with Crippen molar-refractivity contribution in [2.75, 3.05) is 14.2 Å². The zero-order valence-corrected chi connectivity index (χ0v) is 12.3. The van der Waals surface area contributed by atoms with E-state index in [9.17, 15) is 0 Å². The van der Waals surface area contributed by atoms with Crippen LogP contribution in [0.3, 0.4) is 0 Å². The third kappa shape index (κ3) is 2.85. The first-order valence-electron chi connectivity index (χ1n) is 5.64. The first-order chi connectivity index (χ1) is 9.17. The van der Waals surface area contributed by atoms with E-state index < -0.39 is 0 Å². The lowest BCUT2D eigenvalue weighted by Gasteiger charge is -2.13. The molecule has 0 aliphatic heterocycles. The molecule has 4 nitrogen and oxygen atoms in total. The lowest BCUT2D eigenvalue weighted by Crippen LogP contribution is -2.17. The monoisotopic (exact) mass is 294 g/mol. The lowest BCUT2D eigenvalue weighted by atomic mass is 10.4. The minimum Gasteiger partial charge on any atom is -0.485 e. The molecule has 0 aliphatic carbocycles. The van der Waals surface area contributed by atoms with Crippen molar-refractivity contribution in [2.45, 2.75) is 6.67 Å². The van der Waals surface area contributed by atoms with Crippen LogP contribution in [0.4, 0.5) is 0 Å². The van der Waals surface area contributed by atoms with Crippen LogP contribution in [0.2, 0.25) is 0 Å². The van der Waals surface area contributed by atoms with Crippen molar-refractivity contribution in [1.82, 2.24) is 9.13 Å². The summed E-state index contributed by atoms with van der Waals surface area (Å²) in [6.45, 7) is 0.595. The Hall–Kier alpha value is -1.66. The summed E-state index contributed by atoms with van der Waals surface area (Å²) in [7, 11) is 3.14. The van der Waals surface area contributed by atoms with Gasteiger partial charge in [0.15, 0.2) is 0 Å². The predicted octanol–water partition coefficient (Wildman–Crippen LogP) is 2.44. The Bertz CT molecular complexity index is 549. The summed E-state index contributed by atoms with van der Waals surface area (Å²) in [5, 5.41) is 0.932. The number of ether oxygens (including phenoxy) is 2. The van der Waals surface area contributed by atoms with Gasteiger partial charge < -0.3 is 18.6 Å². The van der Waals surface area contributed by atoms with Gasteiger partial charge in [-0.25, -0.2) is 0 Å². The average molecular weight is 294 g/mol. The molecule has 0 N–H and O–H groups in total. The highest BCUT2D eigenvalue weighted by Crippen LogP contribution is 2.10.